The van der Waals surface area contributed by atoms with Gasteiger partial charge in [-0.05, 0) is 61.1 Å². The molecule has 0 bridgehead atoms. The zero-order valence-electron chi connectivity index (χ0n) is 25.6. The predicted octanol–water partition coefficient (Wildman–Crippen LogP) is 0.936. The number of nitrogens with zero attached hydrogens (tertiary/aromatic N) is 1. The van der Waals surface area contributed by atoms with E-state index < -0.39 is 21.8 Å². The van der Waals surface area contributed by atoms with Crippen LogP contribution in [0.3, 0.4) is 0 Å². The van der Waals surface area contributed by atoms with E-state index >= 15 is 0 Å². The second-order valence-corrected chi connectivity index (χ2v) is 12.5. The number of aromatic amines is 1. The zero-order chi connectivity index (χ0) is 32.1. The maximum Gasteiger partial charge on any atom is 1.00 e. The van der Waals surface area contributed by atoms with Crippen molar-refractivity contribution in [3.8, 4) is 0 Å². The molecule has 0 unspecified atom stereocenters. The summed E-state index contributed by atoms with van der Waals surface area (Å²) in [5.41, 5.74) is 2.00. The molecule has 0 atom stereocenters. The van der Waals surface area contributed by atoms with E-state index in [4.69, 9.17) is 16.3 Å². The van der Waals surface area contributed by atoms with Crippen LogP contribution in [-0.4, -0.2) is 66.6 Å². The third kappa shape index (κ3) is 13.6. The second-order valence-electron chi connectivity index (χ2n) is 10.5. The van der Waals surface area contributed by atoms with Crippen molar-refractivity contribution < 1.29 is 61.6 Å². The van der Waals surface area contributed by atoms with E-state index in [1.54, 1.807) is 36.4 Å². The van der Waals surface area contributed by atoms with Crippen LogP contribution in [0.1, 0.15) is 66.4 Å². The average molecular weight is 670 g/mol. The molecule has 1 aromatic heterocycles. The molecule has 3 rings (SSSR count). The topological polar surface area (TPSA) is 166 Å². The van der Waals surface area contributed by atoms with Crippen LogP contribution in [0.15, 0.2) is 53.5 Å². The molecule has 0 spiro atoms. The maximum atomic E-state index is 13.1. The number of fused-ring (bicyclic) bond motifs is 1. The van der Waals surface area contributed by atoms with Crippen molar-refractivity contribution in [3.63, 3.8) is 0 Å². The van der Waals surface area contributed by atoms with E-state index in [0.29, 0.717) is 41.6 Å². The van der Waals surface area contributed by atoms with Crippen LogP contribution in [-0.2, 0) is 37.4 Å². The fourth-order valence-electron chi connectivity index (χ4n) is 4.47. The largest absolute Gasteiger partial charge is 1.00 e. The van der Waals surface area contributed by atoms with E-state index in [9.17, 15) is 32.1 Å². The standard InChI is InChI=1S/C31H38ClN3O8S.Na/c1-35(16-18-44(40,41)42)28(36)8-4-2-3-5-9-29(37)43-17-6-7-22-12-15-27-25(19-22)30(38)26(21-33-27)31(39)34-20-23-10-13-24(32)14-11-23;/h10-15,19,21H,2-9,16-18,20H2,1H3,(H,33,38)(H,34,39)(H,40,41,42);/q;+1/p-1. The number of pyridine rings is 1. The van der Waals surface area contributed by atoms with E-state index in [0.717, 1.165) is 24.0 Å². The van der Waals surface area contributed by atoms with Gasteiger partial charge in [0.2, 0.25) is 11.3 Å². The van der Waals surface area contributed by atoms with Crippen LogP contribution in [0.5, 0.6) is 0 Å². The van der Waals surface area contributed by atoms with Crippen LogP contribution in [0.2, 0.25) is 5.02 Å². The number of amides is 2. The van der Waals surface area contributed by atoms with Crippen molar-refractivity contribution in [1.82, 2.24) is 15.2 Å². The Balaban J connectivity index is 0.00000705. The van der Waals surface area contributed by atoms with Crippen LogP contribution in [0, 0.1) is 0 Å². The van der Waals surface area contributed by atoms with Gasteiger partial charge in [-0.15, -0.1) is 0 Å². The molecule has 45 heavy (non-hydrogen) atoms. The third-order valence-corrected chi connectivity index (χ3v) is 7.99. The first-order valence-corrected chi connectivity index (χ1v) is 16.4. The number of aryl methyl sites for hydroxylation is 1. The summed E-state index contributed by atoms with van der Waals surface area (Å²) in [6, 6.07) is 12.5. The molecule has 3 aromatic rings. The van der Waals surface area contributed by atoms with Gasteiger partial charge in [0.25, 0.3) is 5.91 Å². The van der Waals surface area contributed by atoms with Crippen molar-refractivity contribution in [2.24, 2.45) is 0 Å². The van der Waals surface area contributed by atoms with Crippen molar-refractivity contribution in [2.75, 3.05) is 26.0 Å². The molecule has 1 heterocycles. The van der Waals surface area contributed by atoms with Crippen LogP contribution in [0.4, 0.5) is 0 Å². The molecular weight excluding hydrogens is 633 g/mol. The second kappa shape index (κ2) is 19.0. The van der Waals surface area contributed by atoms with Crippen molar-refractivity contribution in [3.05, 3.63) is 80.6 Å². The molecule has 2 N–H and O–H groups in total. The van der Waals surface area contributed by atoms with E-state index in [1.165, 1.54) is 18.1 Å². The van der Waals surface area contributed by atoms with Gasteiger partial charge in [0.15, 0.2) is 0 Å². The van der Waals surface area contributed by atoms with Crippen molar-refractivity contribution in [2.45, 2.75) is 57.9 Å². The van der Waals surface area contributed by atoms with Gasteiger partial charge in [-0.25, -0.2) is 8.42 Å². The minimum Gasteiger partial charge on any atom is -0.748 e. The van der Waals surface area contributed by atoms with Gasteiger partial charge < -0.3 is 24.5 Å². The Hall–Kier alpha value is -2.74. The van der Waals surface area contributed by atoms with Gasteiger partial charge in [0.05, 0.1) is 22.5 Å². The summed E-state index contributed by atoms with van der Waals surface area (Å²) in [6.45, 7) is 0.371. The fraction of sp³-hybridized carbons (Fsp3) is 0.419. The Morgan fingerprint density at radius 3 is 2.33 bits per heavy atom. The van der Waals surface area contributed by atoms with Crippen LogP contribution in [0.25, 0.3) is 10.9 Å². The molecule has 2 aromatic carbocycles. The number of hydrogen-bond donors (Lipinski definition) is 2. The molecule has 2 amide bonds. The number of rotatable bonds is 17. The number of halogens is 1. The summed E-state index contributed by atoms with van der Waals surface area (Å²) in [7, 11) is -2.89. The van der Waals surface area contributed by atoms with Gasteiger partial charge >= 0.3 is 35.5 Å². The quantitative estimate of drug-likeness (QED) is 0.0928. The van der Waals surface area contributed by atoms with Crippen molar-refractivity contribution >= 4 is 50.4 Å². The number of ether oxygens (including phenoxy) is 1. The minimum absolute atomic E-state index is 0. The predicted molar refractivity (Wildman–Crippen MR) is 166 cm³/mol. The fourth-order valence-corrected chi connectivity index (χ4v) is 5.09. The van der Waals surface area contributed by atoms with Crippen LogP contribution >= 0.6 is 11.6 Å². The Morgan fingerprint density at radius 1 is 0.978 bits per heavy atom. The number of esters is 1. The molecule has 14 heteroatoms. The zero-order valence-corrected chi connectivity index (χ0v) is 29.2. The summed E-state index contributed by atoms with van der Waals surface area (Å²) >= 11 is 5.89. The minimum atomic E-state index is -4.35. The number of unbranched alkanes of at least 4 members (excludes halogenated alkanes) is 3. The molecule has 0 aliphatic rings. The van der Waals surface area contributed by atoms with Crippen molar-refractivity contribution in [1.29, 1.82) is 0 Å². The van der Waals surface area contributed by atoms with Gasteiger partial charge in [0.1, 0.15) is 5.56 Å². The molecule has 238 valence electrons. The Morgan fingerprint density at radius 2 is 1.64 bits per heavy atom. The maximum absolute atomic E-state index is 13.1. The summed E-state index contributed by atoms with van der Waals surface area (Å²) in [5.74, 6) is -1.61. The first kappa shape index (κ1) is 38.4. The summed E-state index contributed by atoms with van der Waals surface area (Å²) < 4.78 is 37.4. The number of carbonyl (C=O) groups excluding carboxylic acids is 3. The first-order valence-electron chi connectivity index (χ1n) is 14.4. The van der Waals surface area contributed by atoms with Gasteiger partial charge in [-0.3, -0.25) is 19.2 Å². The Labute approximate surface area is 290 Å². The number of H-pyrrole nitrogens is 1. The van der Waals surface area contributed by atoms with E-state index in [2.05, 4.69) is 10.3 Å². The summed E-state index contributed by atoms with van der Waals surface area (Å²) in [6.07, 6.45) is 5.79. The average Bonchev–Trinajstić information content (AvgIpc) is 2.99. The number of hydrogen-bond acceptors (Lipinski definition) is 8. The smallest absolute Gasteiger partial charge is 0.748 e. The first-order chi connectivity index (χ1) is 20.9. The molecule has 0 fully saturated rings. The van der Waals surface area contributed by atoms with Crippen LogP contribution < -0.4 is 40.3 Å². The number of benzene rings is 2. The molecule has 0 saturated heterocycles. The molecule has 0 radical (unpaired) electrons. The Bertz CT molecular complexity index is 1610. The molecule has 0 saturated carbocycles. The van der Waals surface area contributed by atoms with Gasteiger partial charge in [-0.1, -0.05) is 42.6 Å². The Kier molecular flexibility index (Phi) is 16.3. The normalized spacial score (nSPS) is 11.1. The molecule has 0 aliphatic heterocycles. The monoisotopic (exact) mass is 669 g/mol. The number of aromatic nitrogens is 1. The molecule has 11 nitrogen and oxygen atoms in total. The number of nitrogens with one attached hydrogen (secondary N) is 2. The SMILES string of the molecule is CN(CCS(=O)(=O)[O-])C(=O)CCCCCCC(=O)OCCCc1ccc2[nH]cc(C(=O)NCc3ccc(Cl)cc3)c(=O)c2c1.[Na+]. The number of carbonyl (C=O) groups is 3. The van der Waals surface area contributed by atoms with Gasteiger partial charge in [-0.2, -0.15) is 0 Å². The molecule has 0 aliphatic carbocycles. The van der Waals surface area contributed by atoms with Gasteiger partial charge in [0, 0.05) is 55.1 Å². The summed E-state index contributed by atoms with van der Waals surface area (Å²) in [5, 5.41) is 3.76. The summed E-state index contributed by atoms with van der Waals surface area (Å²) in [4.78, 5) is 54.1. The van der Waals surface area contributed by atoms with E-state index in [-0.39, 0.29) is 85.0 Å². The van der Waals surface area contributed by atoms with E-state index in [1.807, 2.05) is 6.07 Å². The molecular formula is C31H37ClN3NaO8S. The third-order valence-electron chi connectivity index (χ3n) is 7.05.